The molecular weight excluding hydrogens is 276 g/mol. The van der Waals surface area contributed by atoms with Crippen LogP contribution in [-0.2, 0) is 9.59 Å². The van der Waals surface area contributed by atoms with Crippen molar-refractivity contribution >= 4 is 17.5 Å². The molecule has 1 fully saturated rings. The van der Waals surface area contributed by atoms with Crippen LogP contribution in [0.1, 0.15) is 63.5 Å². The molecule has 1 saturated carbocycles. The van der Waals surface area contributed by atoms with Gasteiger partial charge in [0, 0.05) is 11.6 Å². The van der Waals surface area contributed by atoms with Crippen molar-refractivity contribution in [2.24, 2.45) is 5.92 Å². The number of rotatable bonds is 6. The van der Waals surface area contributed by atoms with E-state index in [0.717, 1.165) is 29.7 Å². The summed E-state index contributed by atoms with van der Waals surface area (Å²) < 4.78 is 0. The van der Waals surface area contributed by atoms with Crippen LogP contribution in [-0.4, -0.2) is 18.4 Å². The molecule has 22 heavy (non-hydrogen) atoms. The van der Waals surface area contributed by atoms with E-state index in [4.69, 9.17) is 0 Å². The van der Waals surface area contributed by atoms with Crippen LogP contribution in [0, 0.1) is 5.92 Å². The standard InChI is InChI=1S/C18H26N2O2/c1-11(2)14-6-5-7-15(12(3)4)17(14)20-16(21)10-19-18(22)13-8-9-13/h5-7,11-13H,8-10H2,1-4H3,(H,19,22)(H,20,21). The van der Waals surface area contributed by atoms with Gasteiger partial charge in [0.1, 0.15) is 0 Å². The van der Waals surface area contributed by atoms with E-state index in [1.807, 2.05) is 6.07 Å². The molecule has 0 atom stereocenters. The van der Waals surface area contributed by atoms with Crippen LogP contribution in [0.15, 0.2) is 18.2 Å². The summed E-state index contributed by atoms with van der Waals surface area (Å²) in [4.78, 5) is 23.8. The summed E-state index contributed by atoms with van der Waals surface area (Å²) in [6.45, 7) is 8.50. The molecule has 0 radical (unpaired) electrons. The highest BCUT2D eigenvalue weighted by Crippen LogP contribution is 2.32. The van der Waals surface area contributed by atoms with Crippen molar-refractivity contribution in [3.63, 3.8) is 0 Å². The molecule has 1 aliphatic rings. The van der Waals surface area contributed by atoms with Gasteiger partial charge in [-0.3, -0.25) is 9.59 Å². The number of amides is 2. The molecule has 120 valence electrons. The molecule has 1 aromatic rings. The van der Waals surface area contributed by atoms with E-state index in [9.17, 15) is 9.59 Å². The van der Waals surface area contributed by atoms with Crippen molar-refractivity contribution in [3.8, 4) is 0 Å². The summed E-state index contributed by atoms with van der Waals surface area (Å²) in [5.74, 6) is 0.618. The van der Waals surface area contributed by atoms with Crippen LogP contribution in [0.5, 0.6) is 0 Å². The van der Waals surface area contributed by atoms with Crippen molar-refractivity contribution in [2.75, 3.05) is 11.9 Å². The summed E-state index contributed by atoms with van der Waals surface area (Å²) in [5.41, 5.74) is 3.17. The second-order valence-corrected chi connectivity index (χ2v) is 6.66. The predicted octanol–water partition coefficient (Wildman–Crippen LogP) is 3.40. The fourth-order valence-electron chi connectivity index (χ4n) is 2.54. The van der Waals surface area contributed by atoms with Gasteiger partial charge in [0.15, 0.2) is 0 Å². The van der Waals surface area contributed by atoms with Crippen LogP contribution in [0.2, 0.25) is 0 Å². The Bertz CT molecular complexity index is 534. The third kappa shape index (κ3) is 4.09. The second-order valence-electron chi connectivity index (χ2n) is 6.66. The monoisotopic (exact) mass is 302 g/mol. The molecule has 0 spiro atoms. The van der Waals surface area contributed by atoms with Crippen molar-refractivity contribution in [2.45, 2.75) is 52.4 Å². The Labute approximate surface area is 132 Å². The number of anilines is 1. The third-order valence-corrected chi connectivity index (χ3v) is 4.01. The van der Waals surface area contributed by atoms with Gasteiger partial charge < -0.3 is 10.6 Å². The highest BCUT2D eigenvalue weighted by molar-refractivity contribution is 5.96. The van der Waals surface area contributed by atoms with E-state index in [-0.39, 0.29) is 24.3 Å². The first-order valence-electron chi connectivity index (χ1n) is 8.10. The largest absolute Gasteiger partial charge is 0.347 e. The number of carbonyl (C=O) groups is 2. The van der Waals surface area contributed by atoms with Crippen LogP contribution in [0.25, 0.3) is 0 Å². The summed E-state index contributed by atoms with van der Waals surface area (Å²) >= 11 is 0. The first-order chi connectivity index (χ1) is 10.4. The van der Waals surface area contributed by atoms with Crippen molar-refractivity contribution in [1.82, 2.24) is 5.32 Å². The predicted molar refractivity (Wildman–Crippen MR) is 89.0 cm³/mol. The zero-order valence-corrected chi connectivity index (χ0v) is 13.9. The molecule has 2 N–H and O–H groups in total. The maximum atomic E-state index is 12.2. The Kier molecular flexibility index (Phi) is 5.22. The Balaban J connectivity index is 2.09. The fourth-order valence-corrected chi connectivity index (χ4v) is 2.54. The average molecular weight is 302 g/mol. The van der Waals surface area contributed by atoms with Crippen molar-refractivity contribution < 1.29 is 9.59 Å². The lowest BCUT2D eigenvalue weighted by Crippen LogP contribution is -2.34. The highest BCUT2D eigenvalue weighted by Gasteiger charge is 2.29. The summed E-state index contributed by atoms with van der Waals surface area (Å²) in [6, 6.07) is 6.14. The van der Waals surface area contributed by atoms with Gasteiger partial charge >= 0.3 is 0 Å². The molecule has 4 heteroatoms. The molecule has 1 aromatic carbocycles. The smallest absolute Gasteiger partial charge is 0.243 e. The zero-order valence-electron chi connectivity index (χ0n) is 13.9. The molecule has 0 bridgehead atoms. The first-order valence-corrected chi connectivity index (χ1v) is 8.10. The molecule has 0 aromatic heterocycles. The maximum Gasteiger partial charge on any atom is 0.243 e. The number of para-hydroxylation sites is 1. The van der Waals surface area contributed by atoms with E-state index < -0.39 is 0 Å². The van der Waals surface area contributed by atoms with E-state index >= 15 is 0 Å². The highest BCUT2D eigenvalue weighted by atomic mass is 16.2. The Morgan fingerprint density at radius 1 is 1.09 bits per heavy atom. The van der Waals surface area contributed by atoms with Crippen molar-refractivity contribution in [1.29, 1.82) is 0 Å². The molecular formula is C18H26N2O2. The molecule has 1 aliphatic carbocycles. The second kappa shape index (κ2) is 6.95. The van der Waals surface area contributed by atoms with Gasteiger partial charge in [-0.1, -0.05) is 45.9 Å². The zero-order chi connectivity index (χ0) is 16.3. The van der Waals surface area contributed by atoms with Crippen molar-refractivity contribution in [3.05, 3.63) is 29.3 Å². The average Bonchev–Trinajstić information content (AvgIpc) is 3.29. The normalized spacial score (nSPS) is 14.3. The SMILES string of the molecule is CC(C)c1cccc(C(C)C)c1NC(=O)CNC(=O)C1CC1. The van der Waals surface area contributed by atoms with E-state index in [1.54, 1.807) is 0 Å². The van der Waals surface area contributed by atoms with Crippen LogP contribution >= 0.6 is 0 Å². The lowest BCUT2D eigenvalue weighted by Gasteiger charge is -2.20. The molecule has 0 unspecified atom stereocenters. The maximum absolute atomic E-state index is 12.2. The van der Waals surface area contributed by atoms with Gasteiger partial charge in [-0.2, -0.15) is 0 Å². The lowest BCUT2D eigenvalue weighted by atomic mass is 9.92. The molecule has 2 amide bonds. The summed E-state index contributed by atoms with van der Waals surface area (Å²) in [6.07, 6.45) is 1.89. The minimum atomic E-state index is -0.163. The number of carbonyl (C=O) groups excluding carboxylic acids is 2. The van der Waals surface area contributed by atoms with Gasteiger partial charge in [0.05, 0.1) is 6.54 Å². The fraction of sp³-hybridized carbons (Fsp3) is 0.556. The molecule has 0 saturated heterocycles. The van der Waals surface area contributed by atoms with E-state index in [2.05, 4.69) is 50.5 Å². The molecule has 2 rings (SSSR count). The van der Waals surface area contributed by atoms with Gasteiger partial charge in [-0.05, 0) is 35.8 Å². The molecule has 4 nitrogen and oxygen atoms in total. The Hall–Kier alpha value is -1.84. The van der Waals surface area contributed by atoms with E-state index in [1.165, 1.54) is 0 Å². The van der Waals surface area contributed by atoms with Gasteiger partial charge in [0.25, 0.3) is 0 Å². The first kappa shape index (κ1) is 16.5. The number of nitrogens with one attached hydrogen (secondary N) is 2. The minimum absolute atomic E-state index is 0.00335. The number of hydrogen-bond acceptors (Lipinski definition) is 2. The number of hydrogen-bond donors (Lipinski definition) is 2. The van der Waals surface area contributed by atoms with Crippen LogP contribution < -0.4 is 10.6 Å². The topological polar surface area (TPSA) is 58.2 Å². The minimum Gasteiger partial charge on any atom is -0.347 e. The molecule has 0 aliphatic heterocycles. The van der Waals surface area contributed by atoms with Gasteiger partial charge in [0.2, 0.25) is 11.8 Å². The Morgan fingerprint density at radius 2 is 1.64 bits per heavy atom. The van der Waals surface area contributed by atoms with Gasteiger partial charge in [-0.25, -0.2) is 0 Å². The quantitative estimate of drug-likeness (QED) is 0.846. The summed E-state index contributed by atoms with van der Waals surface area (Å²) in [7, 11) is 0. The Morgan fingerprint density at radius 3 is 2.09 bits per heavy atom. The molecule has 0 heterocycles. The summed E-state index contributed by atoms with van der Waals surface area (Å²) in [5, 5.41) is 5.71. The third-order valence-electron chi connectivity index (χ3n) is 4.01. The van der Waals surface area contributed by atoms with Gasteiger partial charge in [-0.15, -0.1) is 0 Å². The van der Waals surface area contributed by atoms with Crippen LogP contribution in [0.3, 0.4) is 0 Å². The number of benzene rings is 1. The lowest BCUT2D eigenvalue weighted by molar-refractivity contribution is -0.125. The van der Waals surface area contributed by atoms with Crippen LogP contribution in [0.4, 0.5) is 5.69 Å². The van der Waals surface area contributed by atoms with E-state index in [0.29, 0.717) is 11.8 Å².